The van der Waals surface area contributed by atoms with E-state index in [1.807, 2.05) is 18.2 Å². The molecule has 1 heterocycles. The molecule has 2 rings (SSSR count). The van der Waals surface area contributed by atoms with Crippen LogP contribution in [0.15, 0.2) is 18.2 Å². The zero-order valence-electron chi connectivity index (χ0n) is 8.89. The molecule has 2 atom stereocenters. The second-order valence-electron chi connectivity index (χ2n) is 3.43. The summed E-state index contributed by atoms with van der Waals surface area (Å²) in [6.07, 6.45) is 0. The molecule has 0 aliphatic carbocycles. The largest absolute Gasteiger partial charge is 0.486 e. The van der Waals surface area contributed by atoms with E-state index in [9.17, 15) is 0 Å². The standard InChI is InChI=1S/C10H15NO3P2.2H2/c15-13-7-5-11-4-6-12-10-8(11)2-1-3-9(10)14-16;;/h1-3H,4-7,15-16H2;2*1H/i;2*1+2. The Balaban J connectivity index is 0.00000144. The first-order valence-electron chi connectivity index (χ1n) is 5.06. The second-order valence-corrected chi connectivity index (χ2v) is 4.00. The number of para-hydroxylation sites is 1. The minimum atomic E-state index is 0. The fraction of sp³-hybridized carbons (Fsp3) is 0.400. The summed E-state index contributed by atoms with van der Waals surface area (Å²) in [6.45, 7) is 3.08. The van der Waals surface area contributed by atoms with Gasteiger partial charge in [-0.25, -0.2) is 0 Å². The minimum absolute atomic E-state index is 0. The Kier molecular flexibility index (Phi) is 4.22. The van der Waals surface area contributed by atoms with Gasteiger partial charge in [-0.2, -0.15) is 0 Å². The van der Waals surface area contributed by atoms with Crippen LogP contribution < -0.4 is 14.2 Å². The first-order valence-corrected chi connectivity index (χ1v) is 6.00. The molecule has 1 aliphatic heterocycles. The number of hydrogen-bond donors (Lipinski definition) is 0. The third-order valence-electron chi connectivity index (χ3n) is 2.51. The van der Waals surface area contributed by atoms with Crippen molar-refractivity contribution in [2.75, 3.05) is 31.2 Å². The average Bonchev–Trinajstić information content (AvgIpc) is 2.35. The normalized spacial score (nSPS) is 14.2. The van der Waals surface area contributed by atoms with Crippen LogP contribution in [0.2, 0.25) is 0 Å². The summed E-state index contributed by atoms with van der Waals surface area (Å²) in [5.41, 5.74) is 1.06. The van der Waals surface area contributed by atoms with Crippen LogP contribution in [0.3, 0.4) is 0 Å². The van der Waals surface area contributed by atoms with Gasteiger partial charge in [0.1, 0.15) is 6.61 Å². The predicted molar refractivity (Wildman–Crippen MR) is 74.4 cm³/mol. The number of anilines is 1. The van der Waals surface area contributed by atoms with Gasteiger partial charge in [-0.05, 0) is 12.1 Å². The Morgan fingerprint density at radius 3 is 3.06 bits per heavy atom. The van der Waals surface area contributed by atoms with Gasteiger partial charge in [0.15, 0.2) is 11.5 Å². The first-order chi connectivity index (χ1) is 7.86. The van der Waals surface area contributed by atoms with Gasteiger partial charge in [-0.15, -0.1) is 0 Å². The van der Waals surface area contributed by atoms with Gasteiger partial charge in [0.05, 0.1) is 28.3 Å². The average molecular weight is 267 g/mol. The Morgan fingerprint density at radius 1 is 1.44 bits per heavy atom. The van der Waals surface area contributed by atoms with Crippen molar-refractivity contribution in [2.45, 2.75) is 0 Å². The van der Waals surface area contributed by atoms with Crippen molar-refractivity contribution in [3.63, 3.8) is 0 Å². The van der Waals surface area contributed by atoms with Crippen molar-refractivity contribution in [1.29, 1.82) is 0 Å². The number of rotatable bonds is 4. The van der Waals surface area contributed by atoms with E-state index < -0.39 is 0 Å². The third kappa shape index (κ3) is 2.40. The molecule has 0 spiro atoms. The monoisotopic (exact) mass is 267 g/mol. The molecule has 0 aromatic heterocycles. The van der Waals surface area contributed by atoms with Gasteiger partial charge in [0, 0.05) is 18.9 Å². The van der Waals surface area contributed by atoms with Crippen molar-refractivity contribution in [2.24, 2.45) is 0 Å². The van der Waals surface area contributed by atoms with E-state index in [0.29, 0.717) is 13.2 Å². The Bertz CT molecular complexity index is 371. The first kappa shape index (κ1) is 11.9. The molecule has 0 saturated heterocycles. The SMILES string of the molecule is POCCN1CCOc2c(OP)cccc21.[3HH].[3HH]. The van der Waals surface area contributed by atoms with E-state index in [1.54, 1.807) is 0 Å². The molecule has 0 saturated carbocycles. The summed E-state index contributed by atoms with van der Waals surface area (Å²) < 4.78 is 15.8. The highest BCUT2D eigenvalue weighted by Gasteiger charge is 2.20. The quantitative estimate of drug-likeness (QED) is 0.784. The van der Waals surface area contributed by atoms with Crippen LogP contribution in [0.1, 0.15) is 2.85 Å². The zero-order valence-corrected chi connectivity index (χ0v) is 11.2. The van der Waals surface area contributed by atoms with Crippen molar-refractivity contribution in [1.82, 2.24) is 0 Å². The summed E-state index contributed by atoms with van der Waals surface area (Å²) in [7, 11) is 4.51. The molecule has 4 nitrogen and oxygen atoms in total. The number of fused-ring (bicyclic) bond motifs is 1. The molecule has 0 N–H and O–H groups in total. The number of benzene rings is 1. The van der Waals surface area contributed by atoms with E-state index in [0.717, 1.165) is 30.3 Å². The zero-order chi connectivity index (χ0) is 11.4. The van der Waals surface area contributed by atoms with E-state index in [1.165, 1.54) is 0 Å². The van der Waals surface area contributed by atoms with Crippen molar-refractivity contribution >= 4 is 24.6 Å². The molecule has 6 heteroatoms. The molecular weight excluding hydrogens is 244 g/mol. The molecule has 1 aromatic carbocycles. The highest BCUT2D eigenvalue weighted by molar-refractivity contribution is 7.10. The molecule has 1 aromatic rings. The maximum absolute atomic E-state index is 5.63. The molecule has 0 amide bonds. The maximum Gasteiger partial charge on any atom is 0.184 e. The molecule has 16 heavy (non-hydrogen) atoms. The highest BCUT2D eigenvalue weighted by atomic mass is 31.0. The fourth-order valence-corrected chi connectivity index (χ4v) is 2.06. The lowest BCUT2D eigenvalue weighted by molar-refractivity contribution is 0.292. The Hall–Kier alpha value is -0.560. The van der Waals surface area contributed by atoms with E-state index in [2.05, 4.69) is 23.8 Å². The van der Waals surface area contributed by atoms with Crippen LogP contribution in [0, 0.1) is 0 Å². The lowest BCUT2D eigenvalue weighted by atomic mass is 10.2. The molecule has 0 bridgehead atoms. The van der Waals surface area contributed by atoms with Crippen molar-refractivity contribution in [3.05, 3.63) is 18.2 Å². The van der Waals surface area contributed by atoms with Crippen LogP contribution in [0.5, 0.6) is 11.5 Å². The number of nitrogens with zero attached hydrogens (tertiary/aromatic N) is 1. The van der Waals surface area contributed by atoms with Gasteiger partial charge in [0.2, 0.25) is 0 Å². The molecule has 92 valence electrons. The van der Waals surface area contributed by atoms with Crippen LogP contribution in [0.25, 0.3) is 0 Å². The van der Waals surface area contributed by atoms with Gasteiger partial charge in [0.25, 0.3) is 0 Å². The smallest absolute Gasteiger partial charge is 0.184 e. The van der Waals surface area contributed by atoms with Crippen molar-refractivity contribution in [3.8, 4) is 11.5 Å². The molecule has 0 fully saturated rings. The number of ether oxygens (including phenoxy) is 1. The van der Waals surface area contributed by atoms with E-state index >= 15 is 0 Å². The summed E-state index contributed by atoms with van der Waals surface area (Å²) in [4.78, 5) is 2.23. The molecular formula is C10H19NO3P2. The Labute approximate surface area is 103 Å². The summed E-state index contributed by atoms with van der Waals surface area (Å²) in [5, 5.41) is 0. The minimum Gasteiger partial charge on any atom is -0.486 e. The molecule has 2 unspecified atom stereocenters. The van der Waals surface area contributed by atoms with Gasteiger partial charge >= 0.3 is 0 Å². The maximum atomic E-state index is 5.63. The lowest BCUT2D eigenvalue weighted by Gasteiger charge is -2.31. The fourth-order valence-electron chi connectivity index (χ4n) is 1.76. The predicted octanol–water partition coefficient (Wildman–Crippen LogP) is 2.35. The van der Waals surface area contributed by atoms with Crippen LogP contribution in [-0.4, -0.2) is 26.3 Å². The molecule has 1 aliphatic rings. The Morgan fingerprint density at radius 2 is 2.31 bits per heavy atom. The van der Waals surface area contributed by atoms with E-state index in [-0.39, 0.29) is 2.85 Å². The van der Waals surface area contributed by atoms with Crippen molar-refractivity contribution < 1.29 is 16.6 Å². The van der Waals surface area contributed by atoms with Gasteiger partial charge in [-0.1, -0.05) is 6.07 Å². The van der Waals surface area contributed by atoms with Crippen LogP contribution >= 0.6 is 18.9 Å². The lowest BCUT2D eigenvalue weighted by Crippen LogP contribution is -2.34. The van der Waals surface area contributed by atoms with Gasteiger partial charge in [-0.3, -0.25) is 0 Å². The van der Waals surface area contributed by atoms with E-state index in [4.69, 9.17) is 13.8 Å². The van der Waals surface area contributed by atoms with Gasteiger partial charge < -0.3 is 18.7 Å². The summed E-state index contributed by atoms with van der Waals surface area (Å²) in [6, 6.07) is 5.88. The summed E-state index contributed by atoms with van der Waals surface area (Å²) in [5.74, 6) is 1.56. The molecule has 0 radical (unpaired) electrons. The summed E-state index contributed by atoms with van der Waals surface area (Å²) >= 11 is 0. The second kappa shape index (κ2) is 5.67. The van der Waals surface area contributed by atoms with Crippen LogP contribution in [-0.2, 0) is 4.52 Å². The van der Waals surface area contributed by atoms with Crippen LogP contribution in [0.4, 0.5) is 5.69 Å². The third-order valence-corrected chi connectivity index (χ3v) is 3.00. The highest BCUT2D eigenvalue weighted by Crippen LogP contribution is 2.40. The topological polar surface area (TPSA) is 30.9 Å². The number of hydrogen-bond acceptors (Lipinski definition) is 4.